The van der Waals surface area contributed by atoms with Gasteiger partial charge < -0.3 is 14.3 Å². The van der Waals surface area contributed by atoms with Crippen LogP contribution in [0.25, 0.3) is 0 Å². The van der Waals surface area contributed by atoms with Gasteiger partial charge in [-0.15, -0.1) is 0 Å². The molecule has 0 fully saturated rings. The van der Waals surface area contributed by atoms with Gasteiger partial charge in [0.1, 0.15) is 18.1 Å². The lowest BCUT2D eigenvalue weighted by Gasteiger charge is -2.27. The van der Waals surface area contributed by atoms with Gasteiger partial charge in [0.25, 0.3) is 0 Å². The summed E-state index contributed by atoms with van der Waals surface area (Å²) in [5, 5.41) is 9.96. The average molecular weight is 329 g/mol. The Balaban J connectivity index is 2.11. The molecule has 124 valence electrons. The number of hydrogen-bond donors (Lipinski definition) is 1. The van der Waals surface area contributed by atoms with Crippen molar-refractivity contribution in [3.8, 4) is 0 Å². The van der Waals surface area contributed by atoms with E-state index in [-0.39, 0.29) is 12.4 Å². The second kappa shape index (κ2) is 6.41. The van der Waals surface area contributed by atoms with Crippen LogP contribution < -0.4 is 0 Å². The summed E-state index contributed by atoms with van der Waals surface area (Å²) in [7, 11) is 0. The number of carbonyl (C=O) groups excluding carboxylic acids is 1. The van der Waals surface area contributed by atoms with Gasteiger partial charge in [-0.1, -0.05) is 6.07 Å². The zero-order valence-corrected chi connectivity index (χ0v) is 12.1. The largest absolute Gasteiger partial charge is 0.463 e. The summed E-state index contributed by atoms with van der Waals surface area (Å²) in [6.07, 6.45) is -4.95. The normalized spacial score (nSPS) is 14.3. The lowest BCUT2D eigenvalue weighted by atomic mass is 9.96. The van der Waals surface area contributed by atoms with Gasteiger partial charge in [-0.05, 0) is 31.2 Å². The number of ether oxygens (including phenoxy) is 1. The second-order valence-electron chi connectivity index (χ2n) is 4.93. The van der Waals surface area contributed by atoms with Gasteiger partial charge in [-0.2, -0.15) is 13.2 Å². The number of pyridine rings is 1. The number of esters is 1. The highest BCUT2D eigenvalue weighted by Crippen LogP contribution is 2.42. The summed E-state index contributed by atoms with van der Waals surface area (Å²) in [6.45, 7) is 1.14. The van der Waals surface area contributed by atoms with Gasteiger partial charge >= 0.3 is 12.1 Å². The van der Waals surface area contributed by atoms with Crippen molar-refractivity contribution in [2.45, 2.75) is 31.7 Å². The number of aryl methyl sites for hydroxylation is 1. The quantitative estimate of drug-likeness (QED) is 0.854. The highest BCUT2D eigenvalue weighted by atomic mass is 19.4. The Bertz CT molecular complexity index is 669. The predicted molar refractivity (Wildman–Crippen MR) is 72.0 cm³/mol. The zero-order chi connectivity index (χ0) is 17.1. The third-order valence-electron chi connectivity index (χ3n) is 3.12. The molecule has 2 aromatic rings. The Morgan fingerprint density at radius 3 is 2.57 bits per heavy atom. The third kappa shape index (κ3) is 3.89. The van der Waals surface area contributed by atoms with E-state index in [2.05, 4.69) is 4.98 Å². The van der Waals surface area contributed by atoms with Crippen molar-refractivity contribution in [3.63, 3.8) is 0 Å². The van der Waals surface area contributed by atoms with Crippen LogP contribution in [0.1, 0.15) is 23.6 Å². The van der Waals surface area contributed by atoms with Crippen LogP contribution in [0.3, 0.4) is 0 Å². The molecule has 0 saturated heterocycles. The number of rotatable bonds is 5. The fourth-order valence-electron chi connectivity index (χ4n) is 1.88. The lowest BCUT2D eigenvalue weighted by Crippen LogP contribution is -2.44. The van der Waals surface area contributed by atoms with Crippen molar-refractivity contribution in [1.82, 2.24) is 4.98 Å². The number of furan rings is 1. The summed E-state index contributed by atoms with van der Waals surface area (Å²) >= 11 is 0. The van der Waals surface area contributed by atoms with E-state index in [9.17, 15) is 23.1 Å². The SMILES string of the molecule is Cc1ccc([C@@](O)(CC(=O)OCc2ccccn2)C(F)(F)F)o1. The molecule has 0 radical (unpaired) electrons. The first-order valence-corrected chi connectivity index (χ1v) is 6.64. The molecule has 1 atom stereocenters. The van der Waals surface area contributed by atoms with Gasteiger partial charge in [0.15, 0.2) is 0 Å². The van der Waals surface area contributed by atoms with Gasteiger partial charge in [-0.25, -0.2) is 0 Å². The van der Waals surface area contributed by atoms with E-state index in [0.717, 1.165) is 6.07 Å². The number of carbonyl (C=O) groups is 1. The Morgan fingerprint density at radius 2 is 2.04 bits per heavy atom. The lowest BCUT2D eigenvalue weighted by molar-refractivity contribution is -0.275. The van der Waals surface area contributed by atoms with Crippen molar-refractivity contribution in [1.29, 1.82) is 0 Å². The van der Waals surface area contributed by atoms with Gasteiger partial charge in [0, 0.05) is 6.20 Å². The minimum absolute atomic E-state index is 0.185. The van der Waals surface area contributed by atoms with Crippen molar-refractivity contribution in [2.75, 3.05) is 0 Å². The number of aromatic nitrogens is 1. The van der Waals surface area contributed by atoms with Crippen molar-refractivity contribution in [2.24, 2.45) is 0 Å². The molecule has 5 nitrogen and oxygen atoms in total. The molecule has 0 bridgehead atoms. The molecule has 0 aliphatic heterocycles. The van der Waals surface area contributed by atoms with Gasteiger partial charge in [0.2, 0.25) is 5.60 Å². The van der Waals surface area contributed by atoms with E-state index in [0.29, 0.717) is 5.69 Å². The van der Waals surface area contributed by atoms with E-state index in [1.165, 1.54) is 19.2 Å². The molecule has 0 saturated carbocycles. The number of hydrogen-bond acceptors (Lipinski definition) is 5. The summed E-state index contributed by atoms with van der Waals surface area (Å²) in [4.78, 5) is 15.6. The molecule has 0 spiro atoms. The maximum absolute atomic E-state index is 13.2. The first kappa shape index (κ1) is 17.0. The standard InChI is InChI=1S/C15H14F3NO4/c1-10-5-6-12(23-10)14(21,15(16,17)18)8-13(20)22-9-11-4-2-3-7-19-11/h2-7,21H,8-9H2,1H3/t14-/m0/s1. The van der Waals surface area contributed by atoms with E-state index in [4.69, 9.17) is 9.15 Å². The molecule has 0 aliphatic rings. The van der Waals surface area contributed by atoms with Crippen LogP contribution in [-0.2, 0) is 21.7 Å². The minimum atomic E-state index is -5.10. The Morgan fingerprint density at radius 1 is 1.30 bits per heavy atom. The fraction of sp³-hybridized carbons (Fsp3) is 0.333. The Labute approximate surface area is 129 Å². The topological polar surface area (TPSA) is 72.6 Å². The van der Waals surface area contributed by atoms with Gasteiger partial charge in [0.05, 0.1) is 12.1 Å². The van der Waals surface area contributed by atoms with E-state index in [1.54, 1.807) is 18.2 Å². The number of nitrogens with zero attached hydrogens (tertiary/aromatic N) is 1. The van der Waals surface area contributed by atoms with E-state index >= 15 is 0 Å². The van der Waals surface area contributed by atoms with E-state index in [1.807, 2.05) is 0 Å². The molecule has 0 amide bonds. The smallest absolute Gasteiger partial charge is 0.425 e. The van der Waals surface area contributed by atoms with Crippen LogP contribution in [0.5, 0.6) is 0 Å². The summed E-state index contributed by atoms with van der Waals surface area (Å²) in [5.74, 6) is -1.79. The number of alkyl halides is 3. The molecular formula is C15H14F3NO4. The summed E-state index contributed by atoms with van der Waals surface area (Å²) in [6, 6.07) is 7.10. The maximum atomic E-state index is 13.2. The molecule has 0 aliphatic carbocycles. The number of halogens is 3. The van der Waals surface area contributed by atoms with Crippen molar-refractivity contribution < 1.29 is 32.2 Å². The predicted octanol–water partition coefficient (Wildman–Crippen LogP) is 2.87. The second-order valence-corrected chi connectivity index (χ2v) is 4.93. The maximum Gasteiger partial charge on any atom is 0.425 e. The molecule has 23 heavy (non-hydrogen) atoms. The molecule has 8 heteroatoms. The molecule has 0 aromatic carbocycles. The van der Waals surface area contributed by atoms with Crippen LogP contribution in [-0.4, -0.2) is 22.2 Å². The Hall–Kier alpha value is -2.35. The minimum Gasteiger partial charge on any atom is -0.463 e. The van der Waals surface area contributed by atoms with Crippen LogP contribution in [0, 0.1) is 6.92 Å². The third-order valence-corrected chi connectivity index (χ3v) is 3.12. The van der Waals surface area contributed by atoms with Crippen LogP contribution in [0.15, 0.2) is 40.9 Å². The summed E-state index contributed by atoms with van der Waals surface area (Å²) in [5.41, 5.74) is -3.06. The highest BCUT2D eigenvalue weighted by molar-refractivity contribution is 5.71. The first-order valence-electron chi connectivity index (χ1n) is 6.64. The molecule has 2 rings (SSSR count). The monoisotopic (exact) mass is 329 g/mol. The van der Waals surface area contributed by atoms with E-state index < -0.39 is 29.9 Å². The molecule has 2 aromatic heterocycles. The van der Waals surface area contributed by atoms with Gasteiger partial charge in [-0.3, -0.25) is 9.78 Å². The fourth-order valence-corrected chi connectivity index (χ4v) is 1.88. The van der Waals surface area contributed by atoms with Crippen LogP contribution >= 0.6 is 0 Å². The highest BCUT2D eigenvalue weighted by Gasteiger charge is 2.58. The Kier molecular flexibility index (Phi) is 4.74. The van der Waals surface area contributed by atoms with Crippen LogP contribution in [0.4, 0.5) is 13.2 Å². The van der Waals surface area contributed by atoms with Crippen molar-refractivity contribution in [3.05, 3.63) is 53.7 Å². The first-order chi connectivity index (χ1) is 10.7. The average Bonchev–Trinajstić information content (AvgIpc) is 2.92. The van der Waals surface area contributed by atoms with Crippen molar-refractivity contribution >= 4 is 5.97 Å². The number of aliphatic hydroxyl groups is 1. The molecular weight excluding hydrogens is 315 g/mol. The van der Waals surface area contributed by atoms with Crippen LogP contribution in [0.2, 0.25) is 0 Å². The molecule has 2 heterocycles. The molecule has 0 unspecified atom stereocenters. The molecule has 1 N–H and O–H groups in total. The zero-order valence-electron chi connectivity index (χ0n) is 12.1. The summed E-state index contributed by atoms with van der Waals surface area (Å²) < 4.78 is 49.2.